The van der Waals surface area contributed by atoms with Gasteiger partial charge in [0.25, 0.3) is 0 Å². The second kappa shape index (κ2) is 7.10. The molecule has 6 heteroatoms. The van der Waals surface area contributed by atoms with Crippen LogP contribution in [0.2, 0.25) is 0 Å². The van der Waals surface area contributed by atoms with Crippen molar-refractivity contribution in [2.24, 2.45) is 0 Å². The van der Waals surface area contributed by atoms with Gasteiger partial charge in [-0.05, 0) is 38.0 Å². The summed E-state index contributed by atoms with van der Waals surface area (Å²) in [6, 6.07) is 6.38. The highest BCUT2D eigenvalue weighted by Crippen LogP contribution is 2.40. The van der Waals surface area contributed by atoms with Crippen LogP contribution in [0.1, 0.15) is 32.3 Å². The number of nitrogens with zero attached hydrogens (tertiary/aromatic N) is 1. The summed E-state index contributed by atoms with van der Waals surface area (Å²) in [5.41, 5.74) is -0.0983. The first-order chi connectivity index (χ1) is 10.9. The minimum absolute atomic E-state index is 0.0333. The summed E-state index contributed by atoms with van der Waals surface area (Å²) >= 11 is 0. The predicted molar refractivity (Wildman–Crippen MR) is 83.8 cm³/mol. The van der Waals surface area contributed by atoms with Gasteiger partial charge in [0.2, 0.25) is 5.91 Å². The number of hydrogen-bond acceptors (Lipinski definition) is 5. The van der Waals surface area contributed by atoms with Gasteiger partial charge in [0.05, 0.1) is 18.6 Å². The molecule has 1 amide bonds. The molecule has 23 heavy (non-hydrogen) atoms. The molecule has 0 radical (unpaired) electrons. The van der Waals surface area contributed by atoms with Crippen molar-refractivity contribution in [1.82, 2.24) is 4.90 Å². The summed E-state index contributed by atoms with van der Waals surface area (Å²) in [7, 11) is 1.43. The van der Waals surface area contributed by atoms with E-state index in [2.05, 4.69) is 4.89 Å². The lowest BCUT2D eigenvalue weighted by atomic mass is 9.75. The van der Waals surface area contributed by atoms with Crippen LogP contribution in [0.5, 0.6) is 5.75 Å². The lowest BCUT2D eigenvalue weighted by molar-refractivity contribution is -0.278. The Morgan fingerprint density at radius 3 is 2.61 bits per heavy atom. The van der Waals surface area contributed by atoms with Crippen molar-refractivity contribution in [2.75, 3.05) is 20.3 Å². The first-order valence-electron chi connectivity index (χ1n) is 7.66. The molecule has 0 aliphatic carbocycles. The van der Waals surface area contributed by atoms with Crippen LogP contribution < -0.4 is 0 Å². The lowest BCUT2D eigenvalue weighted by Gasteiger charge is -2.30. The number of hydrogen-bond donors (Lipinski definition) is 1. The fourth-order valence-electron chi connectivity index (χ4n) is 3.21. The Bertz CT molecular complexity index is 571. The molecule has 0 aromatic heterocycles. The van der Waals surface area contributed by atoms with E-state index in [9.17, 15) is 14.7 Å². The normalized spacial score (nSPS) is 22.4. The maximum Gasteiger partial charge on any atom is 0.234 e. The Morgan fingerprint density at radius 1 is 1.39 bits per heavy atom. The highest BCUT2D eigenvalue weighted by Gasteiger charge is 2.49. The van der Waals surface area contributed by atoms with E-state index in [-0.39, 0.29) is 36.5 Å². The van der Waals surface area contributed by atoms with Crippen LogP contribution in [-0.2, 0) is 24.8 Å². The van der Waals surface area contributed by atoms with E-state index in [1.807, 2.05) is 6.92 Å². The summed E-state index contributed by atoms with van der Waals surface area (Å²) < 4.78 is 0. The zero-order valence-electron chi connectivity index (χ0n) is 13.7. The third-order valence-electron chi connectivity index (χ3n) is 4.38. The quantitative estimate of drug-likeness (QED) is 0.612. The van der Waals surface area contributed by atoms with Crippen LogP contribution in [0.4, 0.5) is 0 Å². The molecule has 2 unspecified atom stereocenters. The first kappa shape index (κ1) is 17.4. The summed E-state index contributed by atoms with van der Waals surface area (Å²) in [6.07, 6.45) is 0.721. The number of phenolic OH excluding ortho intramolecular Hbond substituents is 1. The zero-order valence-corrected chi connectivity index (χ0v) is 13.7. The van der Waals surface area contributed by atoms with E-state index in [0.717, 1.165) is 5.56 Å². The number of amides is 1. The third kappa shape index (κ3) is 3.54. The fraction of sp³-hybridized carbons (Fsp3) is 0.529. The maximum atomic E-state index is 13.1. The van der Waals surface area contributed by atoms with Crippen LogP contribution in [0.25, 0.3) is 0 Å². The zero-order chi connectivity index (χ0) is 17.0. The SMILES string of the molecule is COOCC(C)N1CCC(CC(C)=O)(c2ccc(O)cc2)C1=O. The van der Waals surface area contributed by atoms with Gasteiger partial charge in [-0.1, -0.05) is 12.1 Å². The Kier molecular flexibility index (Phi) is 5.38. The van der Waals surface area contributed by atoms with Gasteiger partial charge in [0.15, 0.2) is 0 Å². The van der Waals surface area contributed by atoms with Crippen LogP contribution in [0, 0.1) is 0 Å². The second-order valence-corrected chi connectivity index (χ2v) is 6.06. The van der Waals surface area contributed by atoms with E-state index in [1.54, 1.807) is 29.2 Å². The summed E-state index contributed by atoms with van der Waals surface area (Å²) in [5, 5.41) is 9.48. The molecule has 0 spiro atoms. The molecule has 6 nitrogen and oxygen atoms in total. The minimum atomic E-state index is -0.860. The van der Waals surface area contributed by atoms with Gasteiger partial charge in [0.1, 0.15) is 18.1 Å². The topological polar surface area (TPSA) is 76.1 Å². The van der Waals surface area contributed by atoms with E-state index in [1.165, 1.54) is 14.0 Å². The van der Waals surface area contributed by atoms with E-state index < -0.39 is 5.41 Å². The fourth-order valence-corrected chi connectivity index (χ4v) is 3.21. The molecular weight excluding hydrogens is 298 g/mol. The molecule has 1 aliphatic rings. The van der Waals surface area contributed by atoms with E-state index in [4.69, 9.17) is 4.89 Å². The number of phenols is 1. The van der Waals surface area contributed by atoms with Gasteiger partial charge in [-0.2, -0.15) is 0 Å². The molecule has 1 saturated heterocycles. The predicted octanol–water partition coefficient (Wildman–Crippen LogP) is 1.81. The number of ketones is 1. The lowest BCUT2D eigenvalue weighted by Crippen LogP contribution is -2.44. The Balaban J connectivity index is 2.31. The van der Waals surface area contributed by atoms with Crippen LogP contribution >= 0.6 is 0 Å². The number of likely N-dealkylation sites (tertiary alicyclic amines) is 1. The molecule has 1 aromatic carbocycles. The smallest absolute Gasteiger partial charge is 0.234 e. The summed E-state index contributed by atoms with van der Waals surface area (Å²) in [4.78, 5) is 36.1. The summed E-state index contributed by atoms with van der Waals surface area (Å²) in [5.74, 6) is 0.0237. The van der Waals surface area contributed by atoms with Gasteiger partial charge in [-0.3, -0.25) is 9.59 Å². The van der Waals surface area contributed by atoms with Gasteiger partial charge < -0.3 is 10.0 Å². The van der Waals surface area contributed by atoms with Crippen molar-refractivity contribution < 1.29 is 24.5 Å². The maximum absolute atomic E-state index is 13.1. The average molecular weight is 321 g/mol. The van der Waals surface area contributed by atoms with E-state index in [0.29, 0.717) is 13.0 Å². The minimum Gasteiger partial charge on any atom is -0.508 e. The molecule has 1 aliphatic heterocycles. The number of carbonyl (C=O) groups excluding carboxylic acids is 2. The largest absolute Gasteiger partial charge is 0.508 e. The number of carbonyl (C=O) groups is 2. The number of rotatable bonds is 7. The first-order valence-corrected chi connectivity index (χ1v) is 7.66. The van der Waals surface area contributed by atoms with Crippen molar-refractivity contribution in [3.63, 3.8) is 0 Å². The van der Waals surface area contributed by atoms with Crippen LogP contribution in [0.15, 0.2) is 24.3 Å². The van der Waals surface area contributed by atoms with E-state index >= 15 is 0 Å². The Hall–Kier alpha value is -1.92. The monoisotopic (exact) mass is 321 g/mol. The average Bonchev–Trinajstić information content (AvgIpc) is 2.83. The van der Waals surface area contributed by atoms with Gasteiger partial charge in [0, 0.05) is 13.0 Å². The standard InChI is InChI=1S/C17H23NO5/c1-12(11-23-22-3)18-9-8-17(16(18)21,10-13(2)19)14-4-6-15(20)7-5-14/h4-7,12,20H,8-11H2,1-3H3. The Labute approximate surface area is 135 Å². The third-order valence-corrected chi connectivity index (χ3v) is 4.38. The number of aromatic hydroxyl groups is 1. The van der Waals surface area contributed by atoms with Crippen molar-refractivity contribution in [3.05, 3.63) is 29.8 Å². The number of Topliss-reactive ketones (excluding diaryl/α,β-unsaturated/α-hetero) is 1. The molecular formula is C17H23NO5. The van der Waals surface area contributed by atoms with Crippen LogP contribution in [-0.4, -0.2) is 48.0 Å². The Morgan fingerprint density at radius 2 is 2.04 bits per heavy atom. The highest BCUT2D eigenvalue weighted by molar-refractivity contribution is 5.95. The molecule has 1 aromatic rings. The van der Waals surface area contributed by atoms with Gasteiger partial charge in [-0.15, -0.1) is 0 Å². The van der Waals surface area contributed by atoms with Gasteiger partial charge in [-0.25, -0.2) is 9.78 Å². The molecule has 0 saturated carbocycles. The number of benzene rings is 1. The van der Waals surface area contributed by atoms with Crippen molar-refractivity contribution in [1.29, 1.82) is 0 Å². The molecule has 2 atom stereocenters. The van der Waals surface area contributed by atoms with Crippen molar-refractivity contribution >= 4 is 11.7 Å². The van der Waals surface area contributed by atoms with Crippen LogP contribution in [0.3, 0.4) is 0 Å². The van der Waals surface area contributed by atoms with Crippen molar-refractivity contribution in [2.45, 2.75) is 38.1 Å². The summed E-state index contributed by atoms with van der Waals surface area (Å²) in [6.45, 7) is 4.21. The highest BCUT2D eigenvalue weighted by atomic mass is 17.2. The molecule has 126 valence electrons. The molecule has 1 N–H and O–H groups in total. The molecule has 1 heterocycles. The molecule has 1 fully saturated rings. The second-order valence-electron chi connectivity index (χ2n) is 6.06. The molecule has 0 bridgehead atoms. The molecule has 2 rings (SSSR count). The van der Waals surface area contributed by atoms with Gasteiger partial charge >= 0.3 is 0 Å². The van der Waals surface area contributed by atoms with Crippen molar-refractivity contribution in [3.8, 4) is 5.75 Å².